The Kier molecular flexibility index (Phi) is 4.44. The number of hydrogen-bond donors (Lipinski definition) is 0. The number of carbonyl (C=O) groups excluding carboxylic acids is 1. The highest BCUT2D eigenvalue weighted by Gasteiger charge is 2.18. The summed E-state index contributed by atoms with van der Waals surface area (Å²) in [5, 5.41) is 0. The van der Waals surface area contributed by atoms with Crippen molar-refractivity contribution < 1.29 is 4.79 Å². The number of likely N-dealkylation sites (tertiary alicyclic amines) is 1. The molecule has 0 spiro atoms. The average molecular weight is 190 g/mol. The molecule has 0 aromatic heterocycles. The summed E-state index contributed by atoms with van der Waals surface area (Å²) in [5.41, 5.74) is 0. The van der Waals surface area contributed by atoms with Crippen LogP contribution in [0.4, 0.5) is 0 Å². The number of rotatable bonds is 5. The van der Waals surface area contributed by atoms with Crippen molar-refractivity contribution in [3.63, 3.8) is 0 Å². The lowest BCUT2D eigenvalue weighted by Gasteiger charge is -2.14. The molecule has 0 saturated carbocycles. The minimum Gasteiger partial charge on any atom is -0.343 e. The summed E-state index contributed by atoms with van der Waals surface area (Å²) < 4.78 is 0. The molecule has 1 amide bonds. The summed E-state index contributed by atoms with van der Waals surface area (Å²) in [7, 11) is 0. The van der Waals surface area contributed by atoms with E-state index in [2.05, 4.69) is 0 Å². The number of hydrogen-bond acceptors (Lipinski definition) is 1. The van der Waals surface area contributed by atoms with E-state index < -0.39 is 0 Å². The van der Waals surface area contributed by atoms with Crippen LogP contribution in [0, 0.1) is 0 Å². The third kappa shape index (κ3) is 3.02. The fourth-order valence-electron chi connectivity index (χ4n) is 1.51. The predicted molar refractivity (Wildman–Crippen MR) is 50.4 cm³/mol. The molecular formula is C9H16ClNO. The van der Waals surface area contributed by atoms with E-state index >= 15 is 0 Å². The van der Waals surface area contributed by atoms with Gasteiger partial charge in [-0.25, -0.2) is 0 Å². The number of nitrogens with zero attached hydrogens (tertiary/aromatic N) is 1. The van der Waals surface area contributed by atoms with Crippen LogP contribution in [0.25, 0.3) is 0 Å². The Morgan fingerprint density at radius 1 is 1.33 bits per heavy atom. The lowest BCUT2D eigenvalue weighted by Crippen LogP contribution is -2.25. The molecule has 1 fully saturated rings. The van der Waals surface area contributed by atoms with Gasteiger partial charge in [0.2, 0.25) is 5.91 Å². The molecule has 3 heteroatoms. The minimum atomic E-state index is 0.334. The number of carbonyl (C=O) groups is 1. The van der Waals surface area contributed by atoms with E-state index in [1.54, 1.807) is 0 Å². The molecule has 70 valence electrons. The lowest BCUT2D eigenvalue weighted by atomic mass is 10.2. The van der Waals surface area contributed by atoms with E-state index in [1.807, 2.05) is 4.90 Å². The first kappa shape index (κ1) is 9.85. The Morgan fingerprint density at radius 2 is 2.17 bits per heavy atom. The van der Waals surface area contributed by atoms with Crippen LogP contribution in [-0.2, 0) is 4.79 Å². The molecule has 1 rings (SSSR count). The van der Waals surface area contributed by atoms with Gasteiger partial charge in [0.25, 0.3) is 0 Å². The largest absolute Gasteiger partial charge is 0.343 e. The number of amides is 1. The van der Waals surface area contributed by atoms with Gasteiger partial charge in [-0.1, -0.05) is 6.42 Å². The second-order valence-corrected chi connectivity index (χ2v) is 3.61. The van der Waals surface area contributed by atoms with E-state index in [0.717, 1.165) is 51.1 Å². The zero-order chi connectivity index (χ0) is 8.81. The molecule has 1 heterocycles. The van der Waals surface area contributed by atoms with Crippen molar-refractivity contribution in [3.05, 3.63) is 0 Å². The van der Waals surface area contributed by atoms with Crippen molar-refractivity contribution in [1.29, 1.82) is 0 Å². The maximum Gasteiger partial charge on any atom is 0.222 e. The van der Waals surface area contributed by atoms with Gasteiger partial charge < -0.3 is 4.90 Å². The van der Waals surface area contributed by atoms with Gasteiger partial charge in [-0.3, -0.25) is 4.79 Å². The van der Waals surface area contributed by atoms with Crippen LogP contribution in [0.2, 0.25) is 0 Å². The Balaban J connectivity index is 2.02. The second-order valence-electron chi connectivity index (χ2n) is 3.23. The standard InChI is InChI=1S/C9H16ClNO/c10-6-2-1-3-7-11-8-4-5-9(11)12/h1-8H2. The van der Waals surface area contributed by atoms with Crippen LogP contribution in [-0.4, -0.2) is 29.8 Å². The Morgan fingerprint density at radius 3 is 2.75 bits per heavy atom. The van der Waals surface area contributed by atoms with Gasteiger partial charge in [0, 0.05) is 25.4 Å². The van der Waals surface area contributed by atoms with Crippen molar-refractivity contribution in [2.24, 2.45) is 0 Å². The molecule has 2 nitrogen and oxygen atoms in total. The number of alkyl halides is 1. The van der Waals surface area contributed by atoms with E-state index in [4.69, 9.17) is 11.6 Å². The fourth-order valence-corrected chi connectivity index (χ4v) is 1.70. The molecule has 0 aromatic rings. The van der Waals surface area contributed by atoms with Crippen LogP contribution in [0.3, 0.4) is 0 Å². The van der Waals surface area contributed by atoms with Gasteiger partial charge in [-0.05, 0) is 19.3 Å². The second kappa shape index (κ2) is 5.41. The van der Waals surface area contributed by atoms with Crippen molar-refractivity contribution in [2.75, 3.05) is 19.0 Å². The van der Waals surface area contributed by atoms with Crippen LogP contribution in [0.15, 0.2) is 0 Å². The molecule has 0 bridgehead atoms. The van der Waals surface area contributed by atoms with Gasteiger partial charge in [-0.15, -0.1) is 11.6 Å². The molecule has 0 radical (unpaired) electrons. The van der Waals surface area contributed by atoms with E-state index in [1.165, 1.54) is 0 Å². The van der Waals surface area contributed by atoms with Crippen LogP contribution < -0.4 is 0 Å². The lowest BCUT2D eigenvalue weighted by molar-refractivity contribution is -0.127. The minimum absolute atomic E-state index is 0.334. The molecule has 0 atom stereocenters. The summed E-state index contributed by atoms with van der Waals surface area (Å²) in [5.74, 6) is 1.08. The van der Waals surface area contributed by atoms with Crippen LogP contribution in [0.5, 0.6) is 0 Å². The van der Waals surface area contributed by atoms with E-state index in [0.29, 0.717) is 5.91 Å². The maximum absolute atomic E-state index is 11.1. The van der Waals surface area contributed by atoms with E-state index in [9.17, 15) is 4.79 Å². The molecule has 0 N–H and O–H groups in total. The van der Waals surface area contributed by atoms with Gasteiger partial charge in [-0.2, -0.15) is 0 Å². The van der Waals surface area contributed by atoms with Gasteiger partial charge >= 0.3 is 0 Å². The van der Waals surface area contributed by atoms with Crippen molar-refractivity contribution >= 4 is 17.5 Å². The Hall–Kier alpha value is -0.240. The van der Waals surface area contributed by atoms with E-state index in [-0.39, 0.29) is 0 Å². The van der Waals surface area contributed by atoms with Crippen molar-refractivity contribution in [3.8, 4) is 0 Å². The van der Waals surface area contributed by atoms with Crippen LogP contribution >= 0.6 is 11.6 Å². The molecule has 12 heavy (non-hydrogen) atoms. The highest BCUT2D eigenvalue weighted by Crippen LogP contribution is 2.10. The summed E-state index contributed by atoms with van der Waals surface area (Å²) in [6, 6.07) is 0. The van der Waals surface area contributed by atoms with Gasteiger partial charge in [0.15, 0.2) is 0 Å². The van der Waals surface area contributed by atoms with Gasteiger partial charge in [0.1, 0.15) is 0 Å². The molecule has 1 saturated heterocycles. The Bertz CT molecular complexity index is 149. The SMILES string of the molecule is O=C1CCCN1CCCCCCl. The zero-order valence-corrected chi connectivity index (χ0v) is 8.15. The summed E-state index contributed by atoms with van der Waals surface area (Å²) >= 11 is 5.55. The fraction of sp³-hybridized carbons (Fsp3) is 0.889. The molecule has 1 aliphatic rings. The zero-order valence-electron chi connectivity index (χ0n) is 7.39. The highest BCUT2D eigenvalue weighted by molar-refractivity contribution is 6.17. The topological polar surface area (TPSA) is 20.3 Å². The summed E-state index contributed by atoms with van der Waals surface area (Å²) in [6.45, 7) is 1.91. The van der Waals surface area contributed by atoms with Crippen LogP contribution in [0.1, 0.15) is 32.1 Å². The molecule has 0 unspecified atom stereocenters. The number of unbranched alkanes of at least 4 members (excludes halogenated alkanes) is 2. The molecular weight excluding hydrogens is 174 g/mol. The monoisotopic (exact) mass is 189 g/mol. The quantitative estimate of drug-likeness (QED) is 0.479. The highest BCUT2D eigenvalue weighted by atomic mass is 35.5. The maximum atomic E-state index is 11.1. The third-order valence-electron chi connectivity index (χ3n) is 2.23. The Labute approximate surface area is 78.9 Å². The van der Waals surface area contributed by atoms with Gasteiger partial charge in [0.05, 0.1) is 0 Å². The van der Waals surface area contributed by atoms with Crippen molar-refractivity contribution in [2.45, 2.75) is 32.1 Å². The molecule has 0 aromatic carbocycles. The summed E-state index contributed by atoms with van der Waals surface area (Å²) in [6.07, 6.45) is 5.14. The molecule has 0 aliphatic carbocycles. The normalized spacial score (nSPS) is 17.4. The predicted octanol–water partition coefficient (Wildman–Crippen LogP) is 2.02. The first-order valence-corrected chi connectivity index (χ1v) is 5.22. The average Bonchev–Trinajstić information content (AvgIpc) is 2.46. The number of halogens is 1. The summed E-state index contributed by atoms with van der Waals surface area (Å²) in [4.78, 5) is 13.1. The third-order valence-corrected chi connectivity index (χ3v) is 2.50. The smallest absolute Gasteiger partial charge is 0.222 e. The first-order chi connectivity index (χ1) is 5.84. The van der Waals surface area contributed by atoms with Crippen molar-refractivity contribution in [1.82, 2.24) is 4.90 Å². The molecule has 1 aliphatic heterocycles. The first-order valence-electron chi connectivity index (χ1n) is 4.68.